The molecule has 2 unspecified atom stereocenters. The highest BCUT2D eigenvalue weighted by atomic mass is 35.5. The summed E-state index contributed by atoms with van der Waals surface area (Å²) in [5, 5.41) is 1.32. The van der Waals surface area contributed by atoms with Gasteiger partial charge in [-0.1, -0.05) is 29.3 Å². The van der Waals surface area contributed by atoms with Gasteiger partial charge in [0.15, 0.2) is 0 Å². The van der Waals surface area contributed by atoms with Crippen molar-refractivity contribution in [2.75, 3.05) is 32.7 Å². The molecule has 110 valence electrons. The molecule has 2 bridgehead atoms. The molecule has 2 aliphatic rings. The molecule has 2 fully saturated rings. The zero-order chi connectivity index (χ0) is 13.9. The van der Waals surface area contributed by atoms with Crippen molar-refractivity contribution in [1.82, 2.24) is 9.80 Å². The van der Waals surface area contributed by atoms with E-state index in [4.69, 9.17) is 23.2 Å². The van der Waals surface area contributed by atoms with Crippen molar-refractivity contribution in [2.24, 2.45) is 0 Å². The lowest BCUT2D eigenvalue weighted by atomic mass is 10.1. The van der Waals surface area contributed by atoms with Crippen LogP contribution in [0, 0.1) is 0 Å². The molecule has 1 aromatic rings. The standard InChI is InChI=1S/C16H22Cl2N2/c17-15-4-3-13(12-16(15)18)5-9-20-11-10-19-7-1-2-14(20)6-8-19/h3-4,12,14H,1-2,5-11H2. The molecule has 2 saturated heterocycles. The van der Waals surface area contributed by atoms with Crippen LogP contribution < -0.4 is 0 Å². The van der Waals surface area contributed by atoms with Crippen LogP contribution in [0.2, 0.25) is 10.0 Å². The Hall–Kier alpha value is -0.280. The SMILES string of the molecule is Clc1ccc(CCN2CCN3CCCC2CC3)cc1Cl. The van der Waals surface area contributed by atoms with E-state index in [0.29, 0.717) is 10.0 Å². The van der Waals surface area contributed by atoms with Gasteiger partial charge in [-0.2, -0.15) is 0 Å². The first-order valence-corrected chi connectivity index (χ1v) is 8.38. The molecule has 0 saturated carbocycles. The van der Waals surface area contributed by atoms with Crippen molar-refractivity contribution in [3.8, 4) is 0 Å². The van der Waals surface area contributed by atoms with Gasteiger partial charge in [0, 0.05) is 25.7 Å². The van der Waals surface area contributed by atoms with E-state index in [0.717, 1.165) is 19.0 Å². The van der Waals surface area contributed by atoms with Gasteiger partial charge in [-0.3, -0.25) is 4.90 Å². The fourth-order valence-corrected chi connectivity index (χ4v) is 3.76. The first-order chi connectivity index (χ1) is 9.72. The van der Waals surface area contributed by atoms with Gasteiger partial charge in [-0.15, -0.1) is 0 Å². The van der Waals surface area contributed by atoms with Crippen LogP contribution in [-0.2, 0) is 6.42 Å². The molecule has 3 rings (SSSR count). The minimum atomic E-state index is 0.646. The largest absolute Gasteiger partial charge is 0.302 e. The van der Waals surface area contributed by atoms with Gasteiger partial charge in [0.2, 0.25) is 0 Å². The van der Waals surface area contributed by atoms with Crippen molar-refractivity contribution in [2.45, 2.75) is 31.7 Å². The Morgan fingerprint density at radius 3 is 2.75 bits per heavy atom. The van der Waals surface area contributed by atoms with Gasteiger partial charge in [-0.05, 0) is 56.5 Å². The number of hydrogen-bond donors (Lipinski definition) is 0. The number of fused-ring (bicyclic) bond motifs is 3. The van der Waals surface area contributed by atoms with E-state index in [9.17, 15) is 0 Å². The molecule has 2 heterocycles. The highest BCUT2D eigenvalue weighted by Gasteiger charge is 2.26. The third kappa shape index (κ3) is 3.48. The van der Waals surface area contributed by atoms with Gasteiger partial charge in [0.25, 0.3) is 0 Å². The molecule has 2 atom stereocenters. The minimum Gasteiger partial charge on any atom is -0.302 e. The molecular formula is C16H22Cl2N2. The number of benzene rings is 1. The maximum atomic E-state index is 6.09. The van der Waals surface area contributed by atoms with Crippen LogP contribution >= 0.6 is 23.2 Å². The average molecular weight is 313 g/mol. The predicted molar refractivity (Wildman–Crippen MR) is 85.8 cm³/mol. The van der Waals surface area contributed by atoms with E-state index >= 15 is 0 Å². The summed E-state index contributed by atoms with van der Waals surface area (Å²) in [5.41, 5.74) is 1.29. The quantitative estimate of drug-likeness (QED) is 0.839. The molecule has 20 heavy (non-hydrogen) atoms. The van der Waals surface area contributed by atoms with E-state index < -0.39 is 0 Å². The van der Waals surface area contributed by atoms with Gasteiger partial charge >= 0.3 is 0 Å². The number of nitrogens with zero attached hydrogens (tertiary/aromatic N) is 2. The fraction of sp³-hybridized carbons (Fsp3) is 0.625. The van der Waals surface area contributed by atoms with Gasteiger partial charge in [0.1, 0.15) is 0 Å². The second-order valence-corrected chi connectivity index (χ2v) is 6.78. The zero-order valence-electron chi connectivity index (χ0n) is 11.8. The molecule has 0 spiro atoms. The summed E-state index contributed by atoms with van der Waals surface area (Å²) in [5.74, 6) is 0. The Morgan fingerprint density at radius 1 is 1.00 bits per heavy atom. The summed E-state index contributed by atoms with van der Waals surface area (Å²) in [6.45, 7) is 6.17. The highest BCUT2D eigenvalue weighted by Crippen LogP contribution is 2.24. The molecule has 0 N–H and O–H groups in total. The third-order valence-corrected chi connectivity index (χ3v) is 5.42. The molecule has 0 radical (unpaired) electrons. The Morgan fingerprint density at radius 2 is 1.90 bits per heavy atom. The molecule has 2 aliphatic heterocycles. The van der Waals surface area contributed by atoms with Crippen LogP contribution in [0.3, 0.4) is 0 Å². The summed E-state index contributed by atoms with van der Waals surface area (Å²) in [6, 6.07) is 6.79. The van der Waals surface area contributed by atoms with Crippen LogP contribution in [0.25, 0.3) is 0 Å². The Labute approximate surface area is 131 Å². The van der Waals surface area contributed by atoms with Crippen molar-refractivity contribution in [3.63, 3.8) is 0 Å². The highest BCUT2D eigenvalue weighted by molar-refractivity contribution is 6.42. The van der Waals surface area contributed by atoms with E-state index in [1.807, 2.05) is 12.1 Å². The smallest absolute Gasteiger partial charge is 0.0595 e. The summed E-state index contributed by atoms with van der Waals surface area (Å²) in [6.07, 6.45) is 5.11. The topological polar surface area (TPSA) is 6.48 Å². The molecule has 4 heteroatoms. The van der Waals surface area contributed by atoms with Crippen LogP contribution in [0.1, 0.15) is 24.8 Å². The molecule has 0 amide bonds. The second kappa shape index (κ2) is 6.65. The molecular weight excluding hydrogens is 291 g/mol. The van der Waals surface area contributed by atoms with E-state index in [-0.39, 0.29) is 0 Å². The van der Waals surface area contributed by atoms with Crippen molar-refractivity contribution < 1.29 is 0 Å². The summed E-state index contributed by atoms with van der Waals surface area (Å²) >= 11 is 12.1. The lowest BCUT2D eigenvalue weighted by molar-refractivity contribution is 0.175. The third-order valence-electron chi connectivity index (χ3n) is 4.68. The van der Waals surface area contributed by atoms with E-state index in [1.165, 1.54) is 51.0 Å². The fourth-order valence-electron chi connectivity index (χ4n) is 3.44. The average Bonchev–Trinajstić information content (AvgIpc) is 2.76. The van der Waals surface area contributed by atoms with Crippen molar-refractivity contribution in [3.05, 3.63) is 33.8 Å². The number of hydrogen-bond acceptors (Lipinski definition) is 2. The molecule has 1 aromatic carbocycles. The van der Waals surface area contributed by atoms with Crippen molar-refractivity contribution >= 4 is 23.2 Å². The molecule has 0 aliphatic carbocycles. The normalized spacial score (nSPS) is 27.3. The minimum absolute atomic E-state index is 0.646. The van der Waals surface area contributed by atoms with Gasteiger partial charge in [-0.25, -0.2) is 0 Å². The maximum absolute atomic E-state index is 6.09. The van der Waals surface area contributed by atoms with Crippen molar-refractivity contribution in [1.29, 1.82) is 0 Å². The lowest BCUT2D eigenvalue weighted by Gasteiger charge is -2.31. The Balaban J connectivity index is 1.61. The molecule has 0 aromatic heterocycles. The summed E-state index contributed by atoms with van der Waals surface area (Å²) in [7, 11) is 0. The second-order valence-electron chi connectivity index (χ2n) is 5.96. The van der Waals surface area contributed by atoms with E-state index in [2.05, 4.69) is 15.9 Å². The molecule has 2 nitrogen and oxygen atoms in total. The zero-order valence-corrected chi connectivity index (χ0v) is 13.3. The monoisotopic (exact) mass is 312 g/mol. The lowest BCUT2D eigenvalue weighted by Crippen LogP contribution is -2.40. The predicted octanol–water partition coefficient (Wildman–Crippen LogP) is 3.71. The summed E-state index contributed by atoms with van der Waals surface area (Å²) in [4.78, 5) is 5.31. The number of rotatable bonds is 3. The summed E-state index contributed by atoms with van der Waals surface area (Å²) < 4.78 is 0. The van der Waals surface area contributed by atoms with Crippen LogP contribution in [0.5, 0.6) is 0 Å². The number of halogens is 2. The van der Waals surface area contributed by atoms with E-state index in [1.54, 1.807) is 0 Å². The Kier molecular flexibility index (Phi) is 4.87. The first kappa shape index (κ1) is 14.6. The Bertz CT molecular complexity index is 464. The maximum Gasteiger partial charge on any atom is 0.0595 e. The van der Waals surface area contributed by atoms with Gasteiger partial charge in [0.05, 0.1) is 10.0 Å². The van der Waals surface area contributed by atoms with Crippen LogP contribution in [0.4, 0.5) is 0 Å². The van der Waals surface area contributed by atoms with Gasteiger partial charge < -0.3 is 4.90 Å². The van der Waals surface area contributed by atoms with Crippen LogP contribution in [0.15, 0.2) is 18.2 Å². The first-order valence-electron chi connectivity index (χ1n) is 7.63. The van der Waals surface area contributed by atoms with Crippen LogP contribution in [-0.4, -0.2) is 48.6 Å².